The van der Waals surface area contributed by atoms with Gasteiger partial charge in [-0.1, -0.05) is 18.2 Å². The van der Waals surface area contributed by atoms with Crippen molar-refractivity contribution in [2.45, 2.75) is 62.9 Å². The van der Waals surface area contributed by atoms with E-state index in [1.807, 2.05) is 0 Å². The van der Waals surface area contributed by atoms with Crippen molar-refractivity contribution in [2.75, 3.05) is 19.6 Å². The average molecular weight is 591 g/mol. The van der Waals surface area contributed by atoms with Gasteiger partial charge in [-0.15, -0.1) is 0 Å². The highest BCUT2D eigenvalue weighted by Crippen LogP contribution is 2.21. The molecule has 2 rings (SSSR count). The van der Waals surface area contributed by atoms with Crippen LogP contribution in [0, 0.1) is 0 Å². The summed E-state index contributed by atoms with van der Waals surface area (Å²) in [5.74, 6) is 3.70. The molecule has 2 aromatic carbocycles. The van der Waals surface area contributed by atoms with Crippen molar-refractivity contribution in [3.8, 4) is 0 Å². The van der Waals surface area contributed by atoms with E-state index in [4.69, 9.17) is 15.3 Å². The van der Waals surface area contributed by atoms with Crippen LogP contribution in [0.1, 0.15) is 62.3 Å². The first-order chi connectivity index (χ1) is 18.9. The highest BCUT2D eigenvalue weighted by molar-refractivity contribution is 7.92. The Morgan fingerprint density at radius 1 is 0.805 bits per heavy atom. The quantitative estimate of drug-likeness (QED) is 0.123. The number of esters is 1. The summed E-state index contributed by atoms with van der Waals surface area (Å²) < 4.78 is 37.1. The van der Waals surface area contributed by atoms with Crippen LogP contribution in [-0.2, 0) is 24.1 Å². The van der Waals surface area contributed by atoms with E-state index in [0.717, 1.165) is 0 Å². The number of hydrazine groups is 1. The van der Waals surface area contributed by atoms with Gasteiger partial charge in [-0.25, -0.2) is 19.1 Å². The van der Waals surface area contributed by atoms with Crippen LogP contribution in [0.25, 0.3) is 0 Å². The lowest BCUT2D eigenvalue weighted by molar-refractivity contribution is -0.154. The summed E-state index contributed by atoms with van der Waals surface area (Å²) in [4.78, 5) is 49.9. The number of amides is 3. The van der Waals surface area contributed by atoms with Gasteiger partial charge in [-0.2, -0.15) is 0 Å². The molecule has 4 N–H and O–H groups in total. The second-order valence-corrected chi connectivity index (χ2v) is 13.2. The smallest absolute Gasteiger partial charge is 0.407 e. The molecule has 0 aliphatic carbocycles. The third-order valence-electron chi connectivity index (χ3n) is 5.21. The number of nitrogens with one attached hydrogen (secondary N) is 2. The molecule has 0 fully saturated rings. The fourth-order valence-electron chi connectivity index (χ4n) is 3.39. The van der Waals surface area contributed by atoms with Gasteiger partial charge in [0.25, 0.3) is 11.8 Å². The second-order valence-electron chi connectivity index (χ2n) is 11.1. The van der Waals surface area contributed by atoms with Crippen molar-refractivity contribution in [1.82, 2.24) is 15.6 Å². The molecule has 3 amide bonds. The van der Waals surface area contributed by atoms with Gasteiger partial charge in [0.05, 0.1) is 11.4 Å². The Balaban J connectivity index is 2.07. The van der Waals surface area contributed by atoms with E-state index in [1.165, 1.54) is 48.5 Å². The van der Waals surface area contributed by atoms with E-state index in [-0.39, 0.29) is 29.1 Å². The molecule has 224 valence electrons. The molecule has 0 spiro atoms. The summed E-state index contributed by atoms with van der Waals surface area (Å²) in [5, 5.41) is 4.01. The molecule has 12 nitrogen and oxygen atoms in total. The maximum absolute atomic E-state index is 13.3. The van der Waals surface area contributed by atoms with E-state index in [2.05, 4.69) is 10.6 Å². The average Bonchev–Trinajstić information content (AvgIpc) is 2.87. The number of benzene rings is 2. The molecule has 41 heavy (non-hydrogen) atoms. The third kappa shape index (κ3) is 10.5. The van der Waals surface area contributed by atoms with Gasteiger partial charge in [-0.3, -0.25) is 19.4 Å². The standard InChI is InChI=1S/C28H38N4O8S/c1-27(2,3)39-25(35)22(41(37,38)21-10-8-7-9-11-21)18-32(29)24(34)20-14-12-19(13-15-20)23(33)30-16-17-31-26(36)40-28(4,5)6/h7-15,22H,16-18,29H2,1-6H3,(H,30,33)(H,31,36)/t22-/m0/s1. The van der Waals surface area contributed by atoms with Crippen LogP contribution in [0.15, 0.2) is 59.5 Å². The maximum atomic E-state index is 13.3. The monoisotopic (exact) mass is 590 g/mol. The number of hydrogen-bond donors (Lipinski definition) is 3. The van der Waals surface area contributed by atoms with Gasteiger partial charge < -0.3 is 20.1 Å². The van der Waals surface area contributed by atoms with Gasteiger partial charge in [0, 0.05) is 24.2 Å². The number of carbonyl (C=O) groups is 4. The highest BCUT2D eigenvalue weighted by Gasteiger charge is 2.39. The zero-order valence-electron chi connectivity index (χ0n) is 24.1. The first-order valence-corrected chi connectivity index (χ1v) is 14.4. The molecule has 13 heteroatoms. The molecule has 1 atom stereocenters. The van der Waals surface area contributed by atoms with Gasteiger partial charge in [0.15, 0.2) is 15.1 Å². The van der Waals surface area contributed by atoms with Crippen LogP contribution < -0.4 is 16.5 Å². The minimum atomic E-state index is -4.26. The normalized spacial score (nSPS) is 12.6. The molecule has 0 saturated heterocycles. The van der Waals surface area contributed by atoms with Crippen LogP contribution in [0.4, 0.5) is 4.79 Å². The van der Waals surface area contributed by atoms with Gasteiger partial charge in [0.2, 0.25) is 0 Å². The molecular weight excluding hydrogens is 552 g/mol. The molecule has 2 aromatic rings. The lowest BCUT2D eigenvalue weighted by atomic mass is 10.1. The zero-order valence-corrected chi connectivity index (χ0v) is 24.9. The van der Waals surface area contributed by atoms with Crippen LogP contribution in [0.5, 0.6) is 0 Å². The van der Waals surface area contributed by atoms with Crippen LogP contribution in [0.3, 0.4) is 0 Å². The van der Waals surface area contributed by atoms with Crippen molar-refractivity contribution < 1.29 is 37.1 Å². The molecule has 0 aromatic heterocycles. The Labute approximate surface area is 240 Å². The Kier molecular flexibility index (Phi) is 11.0. The molecule has 0 aliphatic rings. The van der Waals surface area contributed by atoms with E-state index in [1.54, 1.807) is 47.6 Å². The van der Waals surface area contributed by atoms with Gasteiger partial charge in [0.1, 0.15) is 11.2 Å². The third-order valence-corrected chi connectivity index (χ3v) is 7.23. The summed E-state index contributed by atoms with van der Waals surface area (Å²) in [5.41, 5.74) is -1.32. The minimum Gasteiger partial charge on any atom is -0.459 e. The van der Waals surface area contributed by atoms with Crippen molar-refractivity contribution >= 4 is 33.7 Å². The molecule has 0 saturated carbocycles. The number of ether oxygens (including phenoxy) is 2. The Morgan fingerprint density at radius 3 is 1.85 bits per heavy atom. The summed E-state index contributed by atoms with van der Waals surface area (Å²) in [6.07, 6.45) is -0.605. The van der Waals surface area contributed by atoms with E-state index in [9.17, 15) is 27.6 Å². The summed E-state index contributed by atoms with van der Waals surface area (Å²) in [6, 6.07) is 12.8. The largest absolute Gasteiger partial charge is 0.459 e. The Bertz CT molecular complexity index is 1330. The van der Waals surface area contributed by atoms with E-state index < -0.39 is 56.7 Å². The molecule has 0 radical (unpaired) electrons. The van der Waals surface area contributed by atoms with Gasteiger partial charge >= 0.3 is 12.1 Å². The van der Waals surface area contributed by atoms with E-state index in [0.29, 0.717) is 5.01 Å². The number of alkyl carbamates (subject to hydrolysis) is 1. The molecular formula is C28H38N4O8S. The molecule has 0 heterocycles. The lowest BCUT2D eigenvalue weighted by Crippen LogP contribution is -2.49. The summed E-state index contributed by atoms with van der Waals surface area (Å²) >= 11 is 0. The van der Waals surface area contributed by atoms with Crippen LogP contribution in [0.2, 0.25) is 0 Å². The Hall–Kier alpha value is -3.97. The number of nitrogens with zero attached hydrogens (tertiary/aromatic N) is 1. The summed E-state index contributed by atoms with van der Waals surface area (Å²) in [7, 11) is -4.26. The zero-order chi connectivity index (χ0) is 31.0. The van der Waals surface area contributed by atoms with Crippen molar-refractivity contribution in [3.05, 3.63) is 65.7 Å². The maximum Gasteiger partial charge on any atom is 0.407 e. The highest BCUT2D eigenvalue weighted by atomic mass is 32.2. The van der Waals surface area contributed by atoms with Crippen LogP contribution >= 0.6 is 0 Å². The predicted molar refractivity (Wildman–Crippen MR) is 151 cm³/mol. The van der Waals surface area contributed by atoms with Crippen molar-refractivity contribution in [1.29, 1.82) is 0 Å². The first-order valence-electron chi connectivity index (χ1n) is 12.8. The number of carbonyl (C=O) groups excluding carboxylic acids is 4. The second kappa shape index (κ2) is 13.6. The lowest BCUT2D eigenvalue weighted by Gasteiger charge is -2.26. The molecule has 0 bridgehead atoms. The van der Waals surface area contributed by atoms with Gasteiger partial charge in [-0.05, 0) is 77.9 Å². The first kappa shape index (κ1) is 33.2. The topological polar surface area (TPSA) is 174 Å². The SMILES string of the molecule is CC(C)(C)OC(=O)NCCNC(=O)c1ccc(C(=O)N(N)C[C@@H](C(=O)OC(C)(C)C)S(=O)(=O)c2ccccc2)cc1. The molecule has 0 aliphatic heterocycles. The number of sulfone groups is 1. The number of rotatable bonds is 10. The number of nitrogens with two attached hydrogens (primary N) is 1. The number of hydrogen-bond acceptors (Lipinski definition) is 9. The van der Waals surface area contributed by atoms with Crippen LogP contribution in [-0.4, -0.2) is 73.4 Å². The molecule has 0 unspecified atom stereocenters. The summed E-state index contributed by atoms with van der Waals surface area (Å²) in [6.45, 7) is 9.60. The fraction of sp³-hybridized carbons (Fsp3) is 0.429. The Morgan fingerprint density at radius 2 is 1.32 bits per heavy atom. The predicted octanol–water partition coefficient (Wildman–Crippen LogP) is 2.44. The fourth-order valence-corrected chi connectivity index (χ4v) is 4.91. The van der Waals surface area contributed by atoms with E-state index >= 15 is 0 Å². The minimum absolute atomic E-state index is 0.0655. The van der Waals surface area contributed by atoms with Crippen molar-refractivity contribution in [3.63, 3.8) is 0 Å². The van der Waals surface area contributed by atoms with Crippen molar-refractivity contribution in [2.24, 2.45) is 5.84 Å².